The molecule has 0 aliphatic heterocycles. The molecule has 374 valence electrons. The number of amides is 2. The zero-order chi connectivity index (χ0) is 50.8. The Bertz CT molecular complexity index is 3500. The molecule has 0 spiro atoms. The van der Waals surface area contributed by atoms with Gasteiger partial charge in [0.25, 0.3) is 0 Å². The number of halogens is 6. The molecule has 2 aromatic carbocycles. The minimum absolute atomic E-state index is 0.0130. The number of carbonyl (C=O) groups is 2. The van der Waals surface area contributed by atoms with E-state index in [0.29, 0.717) is 28.3 Å². The second kappa shape index (κ2) is 18.4. The highest BCUT2D eigenvalue weighted by Gasteiger charge is 2.38. The fourth-order valence-corrected chi connectivity index (χ4v) is 10.2. The van der Waals surface area contributed by atoms with Crippen LogP contribution in [-0.4, -0.2) is 78.3 Å². The number of carbonyl (C=O) groups excluding carboxylic acids is 2. The quantitative estimate of drug-likeness (QED) is 0.113. The zero-order valence-corrected chi connectivity index (χ0v) is 39.2. The fourth-order valence-electron chi connectivity index (χ4n) is 10.2. The molecule has 10 rings (SSSR count). The van der Waals surface area contributed by atoms with Crippen LogP contribution in [0.2, 0.25) is 0 Å². The lowest BCUT2D eigenvalue weighted by atomic mass is 9.72. The molecule has 2 amide bonds. The number of likely N-dealkylation sites (N-methyl/N-ethyl adjacent to an activating group) is 2. The van der Waals surface area contributed by atoms with Crippen molar-refractivity contribution in [2.24, 2.45) is 18.9 Å². The zero-order valence-electron chi connectivity index (χ0n) is 39.2. The van der Waals surface area contributed by atoms with Gasteiger partial charge in [-0.1, -0.05) is 25.0 Å². The Hall–Kier alpha value is -7.78. The lowest BCUT2D eigenvalue weighted by molar-refractivity contribution is -0.137. The maximum Gasteiger partial charge on any atom is 0.418 e. The van der Waals surface area contributed by atoms with E-state index in [-0.39, 0.29) is 71.5 Å². The minimum Gasteiger partial charge on any atom is -0.359 e. The minimum atomic E-state index is -4.73. The molecule has 8 aromatic rings. The molecule has 2 aliphatic rings. The van der Waals surface area contributed by atoms with Crippen LogP contribution in [0.15, 0.2) is 108 Å². The van der Waals surface area contributed by atoms with Gasteiger partial charge >= 0.3 is 23.7 Å². The summed E-state index contributed by atoms with van der Waals surface area (Å²) in [7, 11) is 4.92. The first-order valence-electron chi connectivity index (χ1n) is 23.4. The lowest BCUT2D eigenvalue weighted by Crippen LogP contribution is -2.32. The van der Waals surface area contributed by atoms with Gasteiger partial charge in [0.05, 0.1) is 53.0 Å². The van der Waals surface area contributed by atoms with Crippen LogP contribution < -0.4 is 16.7 Å². The Morgan fingerprint density at radius 2 is 1.19 bits per heavy atom. The summed E-state index contributed by atoms with van der Waals surface area (Å²) in [5.41, 5.74) is -1.22. The highest BCUT2D eigenvalue weighted by molar-refractivity contribution is 5.79. The first kappa shape index (κ1) is 47.9. The number of hydrogen-bond acceptors (Lipinski definition) is 8. The normalized spacial score (nSPS) is 15.4. The van der Waals surface area contributed by atoms with Crippen molar-refractivity contribution >= 4 is 22.8 Å². The number of imidazole rings is 2. The number of aryl methyl sites for hydroxylation is 1. The van der Waals surface area contributed by atoms with Crippen LogP contribution in [0.5, 0.6) is 0 Å². The summed E-state index contributed by atoms with van der Waals surface area (Å²) in [6, 6.07) is 14.5. The Labute approximate surface area is 406 Å². The van der Waals surface area contributed by atoms with Gasteiger partial charge in [0, 0.05) is 57.8 Å². The van der Waals surface area contributed by atoms with Crippen LogP contribution >= 0.6 is 0 Å². The number of rotatable bonds is 14. The van der Waals surface area contributed by atoms with Gasteiger partial charge in [-0.25, -0.2) is 9.59 Å². The Morgan fingerprint density at radius 3 is 1.65 bits per heavy atom. The molecular formula is C50H48F6N12O4. The lowest BCUT2D eigenvalue weighted by Gasteiger charge is -2.34. The number of aromatic nitrogens is 10. The van der Waals surface area contributed by atoms with Gasteiger partial charge in [-0.2, -0.15) is 26.3 Å². The summed E-state index contributed by atoms with van der Waals surface area (Å²) in [4.78, 5) is 56.4. The standard InChI is InChI=1S/C50H48F6N12O4/c1-57-41(69)20-29-16-34(23-35(18-29)67-24-39-37(49(51,52)53)12-6-14-65(39)47(67)71)44(32-10-5-11-32)46-61-59-27-64(46)28-63(3)42(70)21-30-17-33(43(31-8-4-9-31)45-60-58-26-62(45)2)22-36(19-30)68-25-40-38(50(54,55)56)13-7-15-66(40)48(68)72/h6-7,12-19,22-27,31-32,43-44H,4-5,8-11,20-21,28H2,1-3H3,(H,57,69)/t43-,44+/m0/s1. The van der Waals surface area contributed by atoms with E-state index in [9.17, 15) is 45.5 Å². The Balaban J connectivity index is 1.00. The van der Waals surface area contributed by atoms with Crippen LogP contribution in [0.4, 0.5) is 26.3 Å². The molecule has 0 bridgehead atoms. The number of hydrogen-bond donors (Lipinski definition) is 1. The first-order chi connectivity index (χ1) is 34.4. The van der Waals surface area contributed by atoms with Crippen molar-refractivity contribution < 1.29 is 35.9 Å². The smallest absolute Gasteiger partial charge is 0.359 e. The van der Waals surface area contributed by atoms with Crippen LogP contribution in [0.25, 0.3) is 22.4 Å². The monoisotopic (exact) mass is 994 g/mol. The molecular weight excluding hydrogens is 947 g/mol. The van der Waals surface area contributed by atoms with Gasteiger partial charge in [-0.15, -0.1) is 20.4 Å². The van der Waals surface area contributed by atoms with Crippen LogP contribution in [-0.2, 0) is 48.5 Å². The summed E-state index contributed by atoms with van der Waals surface area (Å²) >= 11 is 0. The molecule has 72 heavy (non-hydrogen) atoms. The van der Waals surface area contributed by atoms with Crippen LogP contribution in [0.1, 0.15) is 95.4 Å². The van der Waals surface area contributed by atoms with E-state index >= 15 is 0 Å². The number of benzene rings is 2. The van der Waals surface area contributed by atoms with Gasteiger partial charge in [-0.05, 0) is 108 Å². The third-order valence-electron chi connectivity index (χ3n) is 14.3. The van der Waals surface area contributed by atoms with Crippen molar-refractivity contribution in [1.29, 1.82) is 0 Å². The number of alkyl halides is 6. The molecule has 0 radical (unpaired) electrons. The molecule has 2 saturated carbocycles. The van der Waals surface area contributed by atoms with E-state index in [1.54, 1.807) is 42.2 Å². The molecule has 6 heterocycles. The summed E-state index contributed by atoms with van der Waals surface area (Å²) in [6.45, 7) is -0.0273. The third-order valence-corrected chi connectivity index (χ3v) is 14.3. The molecule has 2 fully saturated rings. The summed E-state index contributed by atoms with van der Waals surface area (Å²) in [5.74, 6) is -0.156. The number of pyridine rings is 2. The van der Waals surface area contributed by atoms with Gasteiger partial charge in [-0.3, -0.25) is 32.1 Å². The van der Waals surface area contributed by atoms with Crippen LogP contribution in [0, 0.1) is 11.8 Å². The molecule has 1 N–H and O–H groups in total. The summed E-state index contributed by atoms with van der Waals surface area (Å²) < 4.78 is 92.6. The molecule has 2 atom stereocenters. The Morgan fingerprint density at radius 1 is 0.708 bits per heavy atom. The van der Waals surface area contributed by atoms with Crippen LogP contribution in [0.3, 0.4) is 0 Å². The molecule has 6 aromatic heterocycles. The molecule has 0 saturated heterocycles. The van der Waals surface area contributed by atoms with E-state index in [0.717, 1.165) is 92.6 Å². The van der Waals surface area contributed by atoms with Gasteiger partial charge in [0.2, 0.25) is 11.8 Å². The number of nitrogens with one attached hydrogen (secondary N) is 1. The molecule has 2 aliphatic carbocycles. The number of fused-ring (bicyclic) bond motifs is 2. The molecule has 16 nitrogen and oxygen atoms in total. The van der Waals surface area contributed by atoms with Crippen molar-refractivity contribution in [3.05, 3.63) is 164 Å². The van der Waals surface area contributed by atoms with Crippen molar-refractivity contribution in [3.8, 4) is 11.4 Å². The summed E-state index contributed by atoms with van der Waals surface area (Å²) in [5, 5.41) is 20.0. The fraction of sp³-hybridized carbons (Fsp3) is 0.360. The van der Waals surface area contributed by atoms with Gasteiger partial charge in [0.1, 0.15) is 24.3 Å². The van der Waals surface area contributed by atoms with E-state index in [1.807, 2.05) is 23.7 Å². The Kier molecular flexibility index (Phi) is 12.3. The maximum atomic E-state index is 14.4. The highest BCUT2D eigenvalue weighted by atomic mass is 19.4. The third kappa shape index (κ3) is 8.86. The first-order valence-corrected chi connectivity index (χ1v) is 23.4. The van der Waals surface area contributed by atoms with Crippen molar-refractivity contribution in [1.82, 2.24) is 57.7 Å². The molecule has 0 unspecified atom stereocenters. The van der Waals surface area contributed by atoms with Gasteiger partial charge < -0.3 is 14.8 Å². The van der Waals surface area contributed by atoms with Crippen molar-refractivity contribution in [2.75, 3.05) is 14.1 Å². The van der Waals surface area contributed by atoms with E-state index in [4.69, 9.17) is 0 Å². The maximum absolute atomic E-state index is 14.4. The second-order valence-corrected chi connectivity index (χ2v) is 18.8. The average Bonchev–Trinajstić information content (AvgIpc) is 4.10. The topological polar surface area (TPSA) is 164 Å². The van der Waals surface area contributed by atoms with E-state index < -0.39 is 40.8 Å². The van der Waals surface area contributed by atoms with E-state index in [1.165, 1.54) is 36.7 Å². The predicted molar refractivity (Wildman–Crippen MR) is 250 cm³/mol. The average molecular weight is 995 g/mol. The number of nitrogens with zero attached hydrogens (tertiary/aromatic N) is 11. The predicted octanol–water partition coefficient (Wildman–Crippen LogP) is 7.06. The van der Waals surface area contributed by atoms with E-state index in [2.05, 4.69) is 25.7 Å². The van der Waals surface area contributed by atoms with Crippen molar-refractivity contribution in [2.45, 2.75) is 82.2 Å². The van der Waals surface area contributed by atoms with Crippen molar-refractivity contribution in [3.63, 3.8) is 0 Å². The SMILES string of the molecule is CNC(=O)Cc1cc([C@H](c2nncn2CN(C)C(=O)Cc2cc([C@@H](c3nncn3C)C3CCC3)cc(-n3cc4c(C(F)(F)F)cccn4c3=O)c2)C2CCC2)cc(-n2cc3c(C(F)(F)F)cccn3c2=O)c1. The summed E-state index contributed by atoms with van der Waals surface area (Å²) in [6.07, 6.45) is 3.45. The highest BCUT2D eigenvalue weighted by Crippen LogP contribution is 2.45. The second-order valence-electron chi connectivity index (χ2n) is 18.8. The van der Waals surface area contributed by atoms with Gasteiger partial charge in [0.15, 0.2) is 0 Å². The largest absolute Gasteiger partial charge is 0.418 e. The molecule has 22 heteroatoms.